The van der Waals surface area contributed by atoms with Gasteiger partial charge in [-0.15, -0.1) is 0 Å². The zero-order valence-corrected chi connectivity index (χ0v) is 19.2. The number of benzene rings is 1. The first-order valence-electron chi connectivity index (χ1n) is 11.4. The van der Waals surface area contributed by atoms with E-state index in [1.165, 1.54) is 24.6 Å². The second-order valence-corrected chi connectivity index (χ2v) is 10.4. The number of para-hydroxylation sites is 1. The van der Waals surface area contributed by atoms with Gasteiger partial charge in [-0.05, 0) is 56.6 Å². The Balaban J connectivity index is 1.72. The quantitative estimate of drug-likeness (QED) is 0.515. The van der Waals surface area contributed by atoms with E-state index in [4.69, 9.17) is 4.98 Å². The minimum atomic E-state index is -0.251. The summed E-state index contributed by atoms with van der Waals surface area (Å²) in [4.78, 5) is 33.5. The van der Waals surface area contributed by atoms with Crippen LogP contribution in [0.2, 0.25) is 0 Å². The van der Waals surface area contributed by atoms with Crippen molar-refractivity contribution in [1.82, 2.24) is 14.5 Å². The summed E-state index contributed by atoms with van der Waals surface area (Å²) in [5.41, 5.74) is 0.752. The molecule has 1 aliphatic heterocycles. The zero-order valence-electron chi connectivity index (χ0n) is 18.3. The summed E-state index contributed by atoms with van der Waals surface area (Å²) in [7, 11) is 0. The van der Waals surface area contributed by atoms with Crippen molar-refractivity contribution in [3.8, 4) is 0 Å². The maximum absolute atomic E-state index is 13.6. The van der Waals surface area contributed by atoms with Crippen LogP contribution in [0.3, 0.4) is 0 Å². The van der Waals surface area contributed by atoms with Crippen LogP contribution in [0.15, 0.2) is 34.2 Å². The topological polar surface area (TPSA) is 55.2 Å². The Kier molecular flexibility index (Phi) is 6.51. The Morgan fingerprint density at radius 1 is 1.10 bits per heavy atom. The number of likely N-dealkylation sites (tertiary alicyclic amines) is 1. The SMILES string of the molecule is C[C@@H]1[C@H](C)CCC[C@H]1n1c(S[C@@H](C)C(=O)N2CCCCC2)nc2ccccc2c1=O. The summed E-state index contributed by atoms with van der Waals surface area (Å²) in [5, 5.41) is 1.11. The van der Waals surface area contributed by atoms with Gasteiger partial charge in [0, 0.05) is 19.1 Å². The third-order valence-electron chi connectivity index (χ3n) is 7.07. The van der Waals surface area contributed by atoms with Crippen molar-refractivity contribution >= 4 is 28.6 Å². The molecule has 0 N–H and O–H groups in total. The number of thioether (sulfide) groups is 1. The molecule has 0 spiro atoms. The second kappa shape index (κ2) is 9.13. The van der Waals surface area contributed by atoms with Crippen LogP contribution in [0, 0.1) is 11.8 Å². The van der Waals surface area contributed by atoms with Gasteiger partial charge in [0.2, 0.25) is 5.91 Å². The van der Waals surface area contributed by atoms with Crippen molar-refractivity contribution in [2.24, 2.45) is 11.8 Å². The molecule has 0 radical (unpaired) electrons. The van der Waals surface area contributed by atoms with Crippen LogP contribution >= 0.6 is 11.8 Å². The van der Waals surface area contributed by atoms with Crippen LogP contribution in [-0.2, 0) is 4.79 Å². The summed E-state index contributed by atoms with van der Waals surface area (Å²) in [5.74, 6) is 1.15. The largest absolute Gasteiger partial charge is 0.342 e. The molecule has 1 aromatic heterocycles. The van der Waals surface area contributed by atoms with Crippen LogP contribution in [-0.4, -0.2) is 38.7 Å². The van der Waals surface area contributed by atoms with Crippen molar-refractivity contribution in [3.05, 3.63) is 34.6 Å². The first kappa shape index (κ1) is 21.4. The predicted octanol–water partition coefficient (Wildman–Crippen LogP) is 4.89. The number of rotatable bonds is 4. The van der Waals surface area contributed by atoms with Crippen LogP contribution in [0.5, 0.6) is 0 Å². The molecule has 4 rings (SSSR count). The van der Waals surface area contributed by atoms with Gasteiger partial charge < -0.3 is 4.90 Å². The molecule has 2 fully saturated rings. The monoisotopic (exact) mass is 427 g/mol. The van der Waals surface area contributed by atoms with E-state index in [2.05, 4.69) is 13.8 Å². The third kappa shape index (κ3) is 4.16. The van der Waals surface area contributed by atoms with Crippen molar-refractivity contribution in [2.45, 2.75) is 75.7 Å². The Morgan fingerprint density at radius 2 is 1.83 bits per heavy atom. The van der Waals surface area contributed by atoms with E-state index >= 15 is 0 Å². The normalized spacial score (nSPS) is 26.0. The van der Waals surface area contributed by atoms with E-state index in [1.807, 2.05) is 40.7 Å². The van der Waals surface area contributed by atoms with Crippen molar-refractivity contribution in [3.63, 3.8) is 0 Å². The highest BCUT2D eigenvalue weighted by Gasteiger charge is 2.32. The number of aromatic nitrogens is 2. The van der Waals surface area contributed by atoms with Gasteiger partial charge in [0.15, 0.2) is 5.16 Å². The van der Waals surface area contributed by atoms with Crippen molar-refractivity contribution in [2.75, 3.05) is 13.1 Å². The zero-order chi connectivity index (χ0) is 21.3. The molecule has 1 saturated heterocycles. The maximum atomic E-state index is 13.6. The lowest BCUT2D eigenvalue weighted by Crippen LogP contribution is -2.40. The lowest BCUT2D eigenvalue weighted by molar-refractivity contribution is -0.131. The number of piperidine rings is 1. The molecule has 6 heteroatoms. The fraction of sp³-hybridized carbons (Fsp3) is 0.625. The number of carbonyl (C=O) groups excluding carboxylic acids is 1. The Labute approximate surface area is 183 Å². The molecule has 1 saturated carbocycles. The molecule has 0 unspecified atom stereocenters. The molecular weight excluding hydrogens is 394 g/mol. The molecule has 30 heavy (non-hydrogen) atoms. The summed E-state index contributed by atoms with van der Waals surface area (Å²) in [6.45, 7) is 8.19. The lowest BCUT2D eigenvalue weighted by atomic mass is 9.78. The van der Waals surface area contributed by atoms with E-state index in [9.17, 15) is 9.59 Å². The van der Waals surface area contributed by atoms with E-state index in [-0.39, 0.29) is 22.8 Å². The van der Waals surface area contributed by atoms with Gasteiger partial charge >= 0.3 is 0 Å². The first-order chi connectivity index (χ1) is 14.5. The van der Waals surface area contributed by atoms with Crippen molar-refractivity contribution in [1.29, 1.82) is 0 Å². The summed E-state index contributed by atoms with van der Waals surface area (Å²) < 4.78 is 1.92. The van der Waals surface area contributed by atoms with Gasteiger partial charge in [-0.2, -0.15) is 0 Å². The number of hydrogen-bond donors (Lipinski definition) is 0. The molecular formula is C24H33N3O2S. The molecule has 162 valence electrons. The fourth-order valence-electron chi connectivity index (χ4n) is 5.00. The van der Waals surface area contributed by atoms with Gasteiger partial charge in [0.05, 0.1) is 16.2 Å². The standard InChI is InChI=1S/C24H33N3O2S/c1-16-10-9-13-21(17(16)2)27-23(29)19-11-5-6-12-20(19)25-24(27)30-18(3)22(28)26-14-7-4-8-15-26/h5-6,11-12,16-18,21H,4,7-10,13-15H2,1-3H3/t16-,17-,18+,21-/m1/s1. The van der Waals surface area contributed by atoms with Gasteiger partial charge in [-0.3, -0.25) is 14.2 Å². The lowest BCUT2D eigenvalue weighted by Gasteiger charge is -2.36. The summed E-state index contributed by atoms with van der Waals surface area (Å²) in [6, 6.07) is 7.72. The van der Waals surface area contributed by atoms with Crippen molar-refractivity contribution < 1.29 is 4.79 Å². The highest BCUT2D eigenvalue weighted by Crippen LogP contribution is 2.39. The van der Waals surface area contributed by atoms with Crippen LogP contribution in [0.4, 0.5) is 0 Å². The molecule has 2 aliphatic rings. The van der Waals surface area contributed by atoms with Gasteiger partial charge in [-0.25, -0.2) is 4.98 Å². The number of fused-ring (bicyclic) bond motifs is 1. The van der Waals surface area contributed by atoms with Crippen LogP contribution < -0.4 is 5.56 Å². The molecule has 1 aromatic carbocycles. The molecule has 1 amide bonds. The van der Waals surface area contributed by atoms with E-state index in [0.29, 0.717) is 22.4 Å². The Bertz CT molecular complexity index is 967. The fourth-order valence-corrected chi connectivity index (χ4v) is 6.05. The molecule has 5 nitrogen and oxygen atoms in total. The van der Waals surface area contributed by atoms with Gasteiger partial charge in [0.1, 0.15) is 0 Å². The average Bonchev–Trinajstić information content (AvgIpc) is 2.76. The molecule has 2 aromatic rings. The van der Waals surface area contributed by atoms with Crippen LogP contribution in [0.1, 0.15) is 65.3 Å². The van der Waals surface area contributed by atoms with Gasteiger partial charge in [-0.1, -0.05) is 50.6 Å². The second-order valence-electron chi connectivity index (χ2n) is 9.07. The van der Waals surface area contributed by atoms with Gasteiger partial charge in [0.25, 0.3) is 5.56 Å². The van der Waals surface area contributed by atoms with E-state index in [0.717, 1.165) is 44.3 Å². The molecule has 1 aliphatic carbocycles. The third-order valence-corrected chi connectivity index (χ3v) is 8.12. The number of hydrogen-bond acceptors (Lipinski definition) is 4. The predicted molar refractivity (Wildman–Crippen MR) is 123 cm³/mol. The number of amides is 1. The summed E-state index contributed by atoms with van der Waals surface area (Å²) in [6.07, 6.45) is 6.70. The first-order valence-corrected chi connectivity index (χ1v) is 12.3. The number of nitrogens with zero attached hydrogens (tertiary/aromatic N) is 3. The maximum Gasteiger partial charge on any atom is 0.262 e. The summed E-state index contributed by atoms with van der Waals surface area (Å²) >= 11 is 1.46. The molecule has 2 heterocycles. The van der Waals surface area contributed by atoms with E-state index < -0.39 is 0 Å². The Morgan fingerprint density at radius 3 is 2.60 bits per heavy atom. The number of carbonyl (C=O) groups is 1. The smallest absolute Gasteiger partial charge is 0.262 e. The Hall–Kier alpha value is -1.82. The minimum absolute atomic E-state index is 0.0340. The van der Waals surface area contributed by atoms with Crippen LogP contribution in [0.25, 0.3) is 10.9 Å². The minimum Gasteiger partial charge on any atom is -0.342 e. The average molecular weight is 428 g/mol. The molecule has 0 bridgehead atoms. The molecule has 4 atom stereocenters. The highest BCUT2D eigenvalue weighted by atomic mass is 32.2. The highest BCUT2D eigenvalue weighted by molar-refractivity contribution is 8.00. The van der Waals surface area contributed by atoms with E-state index in [1.54, 1.807) is 0 Å².